The number of carbonyl (C=O) groups is 1. The van der Waals surface area contributed by atoms with E-state index in [1.165, 1.54) is 0 Å². The smallest absolute Gasteiger partial charge is 0.227 e. The molecule has 0 radical (unpaired) electrons. The molecule has 0 bridgehead atoms. The molecule has 2 rings (SSSR count). The summed E-state index contributed by atoms with van der Waals surface area (Å²) in [6, 6.07) is 0. The van der Waals surface area contributed by atoms with Crippen LogP contribution >= 0.6 is 12.4 Å². The third-order valence-electron chi connectivity index (χ3n) is 3.88. The molecule has 1 amide bonds. The van der Waals surface area contributed by atoms with E-state index in [9.17, 15) is 4.79 Å². The molecule has 4 nitrogen and oxygen atoms in total. The first-order chi connectivity index (χ1) is 7.61. The minimum absolute atomic E-state index is 0. The lowest BCUT2D eigenvalue weighted by Gasteiger charge is -2.40. The molecule has 2 N–H and O–H groups in total. The lowest BCUT2D eigenvalue weighted by atomic mass is 9.74. The van der Waals surface area contributed by atoms with E-state index in [4.69, 9.17) is 10.5 Å². The average Bonchev–Trinajstić information content (AvgIpc) is 2.29. The van der Waals surface area contributed by atoms with Crippen LogP contribution in [0.25, 0.3) is 0 Å². The summed E-state index contributed by atoms with van der Waals surface area (Å²) in [5.41, 5.74) is 5.94. The molecular weight excluding hydrogens is 240 g/mol. The normalized spacial score (nSPS) is 34.0. The Balaban J connectivity index is 0.00000144. The van der Waals surface area contributed by atoms with Crippen LogP contribution < -0.4 is 5.73 Å². The second kappa shape index (κ2) is 6.03. The van der Waals surface area contributed by atoms with Gasteiger partial charge in [0, 0.05) is 18.6 Å². The van der Waals surface area contributed by atoms with Gasteiger partial charge in [0.2, 0.25) is 5.91 Å². The average molecular weight is 263 g/mol. The van der Waals surface area contributed by atoms with Crippen LogP contribution in [0.1, 0.15) is 32.6 Å². The highest BCUT2D eigenvalue weighted by molar-refractivity contribution is 5.85. The maximum Gasteiger partial charge on any atom is 0.227 e. The molecule has 1 saturated carbocycles. The van der Waals surface area contributed by atoms with Crippen LogP contribution in [0.4, 0.5) is 0 Å². The summed E-state index contributed by atoms with van der Waals surface area (Å²) in [5, 5.41) is 0. The van der Waals surface area contributed by atoms with Crippen molar-refractivity contribution in [1.29, 1.82) is 0 Å². The van der Waals surface area contributed by atoms with Gasteiger partial charge in [0.05, 0.1) is 19.1 Å². The molecule has 2 unspecified atom stereocenters. The highest BCUT2D eigenvalue weighted by atomic mass is 35.5. The lowest BCUT2D eigenvalue weighted by molar-refractivity contribution is -0.143. The molecule has 2 fully saturated rings. The number of morpholine rings is 1. The van der Waals surface area contributed by atoms with E-state index in [1.54, 1.807) is 0 Å². The van der Waals surface area contributed by atoms with Gasteiger partial charge in [0.1, 0.15) is 0 Å². The molecule has 1 saturated heterocycles. The standard InChI is InChI=1S/C12H22N2O2.ClH/c1-12(13)5-3-2-4-10(12)11(15)14-6-8-16-9-7-14;/h10H,2-9,13H2,1H3;1H. The second-order valence-electron chi connectivity index (χ2n) is 5.24. The number of hydrogen-bond acceptors (Lipinski definition) is 3. The van der Waals surface area contributed by atoms with Crippen molar-refractivity contribution in [1.82, 2.24) is 4.90 Å². The molecular formula is C12H23ClN2O2. The molecule has 1 aliphatic carbocycles. The lowest BCUT2D eigenvalue weighted by Crippen LogP contribution is -2.55. The van der Waals surface area contributed by atoms with Crippen LogP contribution in [0, 0.1) is 5.92 Å². The van der Waals surface area contributed by atoms with Crippen LogP contribution in [0.15, 0.2) is 0 Å². The van der Waals surface area contributed by atoms with E-state index in [1.807, 2.05) is 11.8 Å². The molecule has 0 spiro atoms. The molecule has 100 valence electrons. The molecule has 1 aliphatic heterocycles. The molecule has 0 aromatic carbocycles. The van der Waals surface area contributed by atoms with Crippen molar-refractivity contribution < 1.29 is 9.53 Å². The molecule has 2 aliphatic rings. The molecule has 0 aromatic heterocycles. The number of amides is 1. The van der Waals surface area contributed by atoms with E-state index < -0.39 is 0 Å². The van der Waals surface area contributed by atoms with E-state index in [-0.39, 0.29) is 29.8 Å². The van der Waals surface area contributed by atoms with Crippen LogP contribution in [-0.4, -0.2) is 42.6 Å². The van der Waals surface area contributed by atoms with E-state index in [0.29, 0.717) is 13.2 Å². The topological polar surface area (TPSA) is 55.6 Å². The Labute approximate surface area is 109 Å². The van der Waals surface area contributed by atoms with Crippen molar-refractivity contribution in [2.45, 2.75) is 38.1 Å². The Bertz CT molecular complexity index is 265. The third-order valence-corrected chi connectivity index (χ3v) is 3.88. The quantitative estimate of drug-likeness (QED) is 0.772. The van der Waals surface area contributed by atoms with Gasteiger partial charge >= 0.3 is 0 Å². The SMILES string of the molecule is CC1(N)CCCCC1C(=O)N1CCOCC1.Cl. The predicted molar refractivity (Wildman–Crippen MR) is 69.2 cm³/mol. The van der Waals surface area contributed by atoms with E-state index in [0.717, 1.165) is 38.8 Å². The van der Waals surface area contributed by atoms with Crippen LogP contribution in [0.5, 0.6) is 0 Å². The maximum absolute atomic E-state index is 12.4. The van der Waals surface area contributed by atoms with Gasteiger partial charge in [0.25, 0.3) is 0 Å². The van der Waals surface area contributed by atoms with Crippen molar-refractivity contribution in [2.75, 3.05) is 26.3 Å². The van der Waals surface area contributed by atoms with Gasteiger partial charge in [-0.15, -0.1) is 12.4 Å². The summed E-state index contributed by atoms with van der Waals surface area (Å²) in [7, 11) is 0. The Morgan fingerprint density at radius 3 is 2.59 bits per heavy atom. The second-order valence-corrected chi connectivity index (χ2v) is 5.24. The Morgan fingerprint density at radius 1 is 1.35 bits per heavy atom. The molecule has 2 atom stereocenters. The van der Waals surface area contributed by atoms with Gasteiger partial charge in [0.15, 0.2) is 0 Å². The van der Waals surface area contributed by atoms with Crippen molar-refractivity contribution in [3.63, 3.8) is 0 Å². The molecule has 1 heterocycles. The predicted octanol–water partition coefficient (Wildman–Crippen LogP) is 1.17. The maximum atomic E-state index is 12.4. The number of nitrogens with two attached hydrogens (primary N) is 1. The summed E-state index contributed by atoms with van der Waals surface area (Å²) >= 11 is 0. The van der Waals surface area contributed by atoms with Gasteiger partial charge < -0.3 is 15.4 Å². The summed E-state index contributed by atoms with van der Waals surface area (Å²) in [4.78, 5) is 14.3. The van der Waals surface area contributed by atoms with Gasteiger partial charge in [-0.05, 0) is 19.8 Å². The van der Waals surface area contributed by atoms with Gasteiger partial charge in [-0.1, -0.05) is 12.8 Å². The van der Waals surface area contributed by atoms with Gasteiger partial charge in [-0.25, -0.2) is 0 Å². The zero-order valence-electron chi connectivity index (χ0n) is 10.5. The van der Waals surface area contributed by atoms with Crippen molar-refractivity contribution in [2.24, 2.45) is 11.7 Å². The Morgan fingerprint density at radius 2 is 2.00 bits per heavy atom. The Kier molecular flexibility index (Phi) is 5.22. The number of halogens is 1. The number of carbonyl (C=O) groups excluding carboxylic acids is 1. The molecule has 5 heteroatoms. The minimum atomic E-state index is -0.312. The fourth-order valence-electron chi connectivity index (χ4n) is 2.77. The molecule has 0 aromatic rings. The van der Waals surface area contributed by atoms with Crippen LogP contribution in [-0.2, 0) is 9.53 Å². The minimum Gasteiger partial charge on any atom is -0.378 e. The molecule has 17 heavy (non-hydrogen) atoms. The number of nitrogens with zero attached hydrogens (tertiary/aromatic N) is 1. The highest BCUT2D eigenvalue weighted by Gasteiger charge is 2.39. The third kappa shape index (κ3) is 3.33. The summed E-state index contributed by atoms with van der Waals surface area (Å²) in [6.45, 7) is 4.81. The largest absolute Gasteiger partial charge is 0.378 e. The zero-order chi connectivity index (χ0) is 11.6. The van der Waals surface area contributed by atoms with Gasteiger partial charge in [-0.2, -0.15) is 0 Å². The van der Waals surface area contributed by atoms with E-state index in [2.05, 4.69) is 0 Å². The Hall–Kier alpha value is -0.320. The van der Waals surface area contributed by atoms with Crippen molar-refractivity contribution in [3.05, 3.63) is 0 Å². The fraction of sp³-hybridized carbons (Fsp3) is 0.917. The first kappa shape index (κ1) is 14.7. The van der Waals surface area contributed by atoms with Crippen molar-refractivity contribution in [3.8, 4) is 0 Å². The van der Waals surface area contributed by atoms with Crippen molar-refractivity contribution >= 4 is 18.3 Å². The fourth-order valence-corrected chi connectivity index (χ4v) is 2.77. The summed E-state index contributed by atoms with van der Waals surface area (Å²) in [6.07, 6.45) is 4.20. The van der Waals surface area contributed by atoms with Crippen LogP contribution in [0.3, 0.4) is 0 Å². The monoisotopic (exact) mass is 262 g/mol. The zero-order valence-corrected chi connectivity index (χ0v) is 11.3. The first-order valence-electron chi connectivity index (χ1n) is 6.27. The summed E-state index contributed by atoms with van der Waals surface area (Å²) in [5.74, 6) is 0.257. The number of ether oxygens (including phenoxy) is 1. The first-order valence-corrected chi connectivity index (χ1v) is 6.27. The van der Waals surface area contributed by atoms with Crippen LogP contribution in [0.2, 0.25) is 0 Å². The van der Waals surface area contributed by atoms with E-state index >= 15 is 0 Å². The number of hydrogen-bond donors (Lipinski definition) is 1. The summed E-state index contributed by atoms with van der Waals surface area (Å²) < 4.78 is 5.26. The van der Waals surface area contributed by atoms with Gasteiger partial charge in [-0.3, -0.25) is 4.79 Å². The highest BCUT2D eigenvalue weighted by Crippen LogP contribution is 2.33. The number of rotatable bonds is 1.